The molecule has 0 aromatic carbocycles. The summed E-state index contributed by atoms with van der Waals surface area (Å²) < 4.78 is 0. The van der Waals surface area contributed by atoms with Crippen molar-refractivity contribution in [3.63, 3.8) is 0 Å². The third-order valence-corrected chi connectivity index (χ3v) is 2.12. The lowest BCUT2D eigenvalue weighted by Gasteiger charge is -2.14. The minimum Gasteiger partial charge on any atom is -0.354 e. The summed E-state index contributed by atoms with van der Waals surface area (Å²) in [5, 5.41) is 6.90. The molecule has 0 amide bonds. The van der Waals surface area contributed by atoms with E-state index in [0.717, 1.165) is 11.5 Å². The van der Waals surface area contributed by atoms with Crippen LogP contribution in [0.3, 0.4) is 0 Å². The number of hydrogen-bond acceptors (Lipinski definition) is 2. The summed E-state index contributed by atoms with van der Waals surface area (Å²) in [7, 11) is 1.75. The lowest BCUT2D eigenvalue weighted by atomic mass is 10.3. The third kappa shape index (κ3) is 4.49. The molecule has 0 aliphatic heterocycles. The van der Waals surface area contributed by atoms with Crippen LogP contribution in [0, 0.1) is 0 Å². The highest BCUT2D eigenvalue weighted by Gasteiger charge is 2.00. The zero-order valence-electron chi connectivity index (χ0n) is 9.79. The topological polar surface area (TPSA) is 49.3 Å². The van der Waals surface area contributed by atoms with E-state index in [4.69, 9.17) is 11.6 Å². The van der Waals surface area contributed by atoms with E-state index in [1.165, 1.54) is 0 Å². The first-order chi connectivity index (χ1) is 7.61. The molecule has 0 aliphatic rings. The molecule has 0 spiro atoms. The summed E-state index contributed by atoms with van der Waals surface area (Å²) in [5.74, 6) is 0.782. The fourth-order valence-electron chi connectivity index (χ4n) is 1.16. The van der Waals surface area contributed by atoms with Crippen LogP contribution in [0.4, 0.5) is 0 Å². The van der Waals surface area contributed by atoms with Crippen molar-refractivity contribution >= 4 is 17.6 Å². The van der Waals surface area contributed by atoms with Crippen molar-refractivity contribution in [1.82, 2.24) is 15.6 Å². The maximum Gasteiger partial charge on any atom is 0.191 e. The highest BCUT2D eigenvalue weighted by atomic mass is 35.5. The molecule has 0 bridgehead atoms. The smallest absolute Gasteiger partial charge is 0.191 e. The summed E-state index contributed by atoms with van der Waals surface area (Å²) in [6.07, 6.45) is 1.75. The normalized spacial score (nSPS) is 11.7. The van der Waals surface area contributed by atoms with Crippen molar-refractivity contribution in [2.75, 3.05) is 7.05 Å². The van der Waals surface area contributed by atoms with Crippen molar-refractivity contribution in [3.05, 3.63) is 29.0 Å². The van der Waals surface area contributed by atoms with Gasteiger partial charge >= 0.3 is 0 Å². The standard InChI is InChI=1S/C11H17ClN4/c1-8(2)16-11(13-3)15-7-9-4-5-10(12)14-6-9/h4-6,8H,7H2,1-3H3,(H2,13,15,16). The lowest BCUT2D eigenvalue weighted by Crippen LogP contribution is -2.40. The molecule has 1 aromatic heterocycles. The molecule has 1 rings (SSSR count). The van der Waals surface area contributed by atoms with Crippen LogP contribution in [0.15, 0.2) is 23.3 Å². The van der Waals surface area contributed by atoms with Crippen LogP contribution in [-0.4, -0.2) is 24.0 Å². The fraction of sp³-hybridized carbons (Fsp3) is 0.455. The van der Waals surface area contributed by atoms with E-state index in [1.807, 2.05) is 6.07 Å². The van der Waals surface area contributed by atoms with Crippen LogP contribution in [0.1, 0.15) is 19.4 Å². The molecule has 0 saturated carbocycles. The molecule has 0 aliphatic carbocycles. The molecule has 5 heteroatoms. The predicted octanol–water partition coefficient (Wildman–Crippen LogP) is 1.81. The first-order valence-electron chi connectivity index (χ1n) is 5.19. The number of nitrogens with one attached hydrogen (secondary N) is 2. The highest BCUT2D eigenvalue weighted by molar-refractivity contribution is 6.29. The fourth-order valence-corrected chi connectivity index (χ4v) is 1.28. The van der Waals surface area contributed by atoms with E-state index >= 15 is 0 Å². The highest BCUT2D eigenvalue weighted by Crippen LogP contribution is 2.04. The SMILES string of the molecule is CN=C(NCc1ccc(Cl)nc1)NC(C)C. The average Bonchev–Trinajstić information content (AvgIpc) is 2.26. The second kappa shape index (κ2) is 6.33. The molecule has 0 unspecified atom stereocenters. The molecule has 0 atom stereocenters. The van der Waals surface area contributed by atoms with Gasteiger partial charge in [0.25, 0.3) is 0 Å². The van der Waals surface area contributed by atoms with Crippen LogP contribution in [0.5, 0.6) is 0 Å². The summed E-state index contributed by atoms with van der Waals surface area (Å²) in [4.78, 5) is 8.12. The van der Waals surface area contributed by atoms with Gasteiger partial charge in [-0.2, -0.15) is 0 Å². The molecule has 0 saturated heterocycles. The average molecular weight is 241 g/mol. The second-order valence-corrected chi connectivity index (χ2v) is 4.10. The largest absolute Gasteiger partial charge is 0.354 e. The monoisotopic (exact) mass is 240 g/mol. The minimum absolute atomic E-state index is 0.356. The molecule has 1 aromatic rings. The molecular formula is C11H17ClN4. The van der Waals surface area contributed by atoms with E-state index < -0.39 is 0 Å². The number of aromatic nitrogens is 1. The number of hydrogen-bond donors (Lipinski definition) is 2. The first-order valence-corrected chi connectivity index (χ1v) is 5.57. The van der Waals surface area contributed by atoms with Crippen molar-refractivity contribution < 1.29 is 0 Å². The number of aliphatic imine (C=N–C) groups is 1. The van der Waals surface area contributed by atoms with Crippen molar-refractivity contribution in [1.29, 1.82) is 0 Å². The van der Waals surface area contributed by atoms with Gasteiger partial charge in [-0.05, 0) is 25.5 Å². The Kier molecular flexibility index (Phi) is 5.05. The number of nitrogens with zero attached hydrogens (tertiary/aromatic N) is 2. The Balaban J connectivity index is 2.47. The second-order valence-electron chi connectivity index (χ2n) is 3.71. The van der Waals surface area contributed by atoms with E-state index in [0.29, 0.717) is 17.7 Å². The van der Waals surface area contributed by atoms with Crippen LogP contribution in [0.2, 0.25) is 5.15 Å². The molecule has 0 fully saturated rings. The van der Waals surface area contributed by atoms with Gasteiger partial charge in [-0.25, -0.2) is 4.98 Å². The van der Waals surface area contributed by atoms with Gasteiger partial charge in [0.1, 0.15) is 5.15 Å². The van der Waals surface area contributed by atoms with E-state index in [1.54, 1.807) is 19.3 Å². The Morgan fingerprint density at radius 1 is 1.50 bits per heavy atom. The van der Waals surface area contributed by atoms with Crippen molar-refractivity contribution in [3.8, 4) is 0 Å². The first kappa shape index (κ1) is 12.8. The summed E-state index contributed by atoms with van der Waals surface area (Å²) in [6, 6.07) is 4.07. The van der Waals surface area contributed by atoms with Gasteiger partial charge in [0.05, 0.1) is 0 Å². The number of halogens is 1. The van der Waals surface area contributed by atoms with Crippen molar-refractivity contribution in [2.24, 2.45) is 4.99 Å². The predicted molar refractivity (Wildman–Crippen MR) is 67.7 cm³/mol. The maximum absolute atomic E-state index is 5.70. The zero-order valence-corrected chi connectivity index (χ0v) is 10.5. The molecule has 1 heterocycles. The molecule has 16 heavy (non-hydrogen) atoms. The van der Waals surface area contributed by atoms with Gasteiger partial charge in [-0.3, -0.25) is 4.99 Å². The zero-order chi connectivity index (χ0) is 12.0. The van der Waals surface area contributed by atoms with Gasteiger partial charge < -0.3 is 10.6 Å². The van der Waals surface area contributed by atoms with Gasteiger partial charge in [0, 0.05) is 25.8 Å². The third-order valence-electron chi connectivity index (χ3n) is 1.90. The Morgan fingerprint density at radius 2 is 2.25 bits per heavy atom. The molecular weight excluding hydrogens is 224 g/mol. The Labute approximate surface area is 101 Å². The number of rotatable bonds is 3. The summed E-state index contributed by atoms with van der Waals surface area (Å²) in [5.41, 5.74) is 1.07. The van der Waals surface area contributed by atoms with Crippen LogP contribution < -0.4 is 10.6 Å². The quantitative estimate of drug-likeness (QED) is 0.481. The van der Waals surface area contributed by atoms with Crippen LogP contribution in [-0.2, 0) is 6.54 Å². The molecule has 0 radical (unpaired) electrons. The van der Waals surface area contributed by atoms with Gasteiger partial charge in [0.2, 0.25) is 0 Å². The van der Waals surface area contributed by atoms with Crippen LogP contribution >= 0.6 is 11.6 Å². The molecule has 4 nitrogen and oxygen atoms in total. The van der Waals surface area contributed by atoms with E-state index in [9.17, 15) is 0 Å². The minimum atomic E-state index is 0.356. The van der Waals surface area contributed by atoms with E-state index in [2.05, 4.69) is 34.5 Å². The molecule has 2 N–H and O–H groups in total. The summed E-state index contributed by atoms with van der Waals surface area (Å²) >= 11 is 5.70. The lowest BCUT2D eigenvalue weighted by molar-refractivity contribution is 0.699. The number of pyridine rings is 1. The molecule has 88 valence electrons. The van der Waals surface area contributed by atoms with Crippen molar-refractivity contribution in [2.45, 2.75) is 26.4 Å². The van der Waals surface area contributed by atoms with Gasteiger partial charge in [0.15, 0.2) is 5.96 Å². The Hall–Kier alpha value is -1.29. The Bertz CT molecular complexity index is 346. The summed E-state index contributed by atoms with van der Waals surface area (Å²) in [6.45, 7) is 4.81. The van der Waals surface area contributed by atoms with Gasteiger partial charge in [-0.15, -0.1) is 0 Å². The van der Waals surface area contributed by atoms with Crippen LogP contribution in [0.25, 0.3) is 0 Å². The Morgan fingerprint density at radius 3 is 2.75 bits per heavy atom. The van der Waals surface area contributed by atoms with Gasteiger partial charge in [-0.1, -0.05) is 17.7 Å². The number of guanidine groups is 1. The maximum atomic E-state index is 5.70. The van der Waals surface area contributed by atoms with E-state index in [-0.39, 0.29) is 0 Å².